The molecule has 1 aromatic carbocycles. The Morgan fingerprint density at radius 1 is 1.32 bits per heavy atom. The Morgan fingerprint density at radius 3 is 2.60 bits per heavy atom. The van der Waals surface area contributed by atoms with E-state index < -0.39 is 18.1 Å². The quantitative estimate of drug-likeness (QED) is 0.763. The molecule has 2 N–H and O–H groups in total. The molecule has 0 spiro atoms. The first-order valence-electron chi connectivity index (χ1n) is 7.11. The molecule has 0 fully saturated rings. The summed E-state index contributed by atoms with van der Waals surface area (Å²) in [6, 6.07) is 4.18. The van der Waals surface area contributed by atoms with E-state index in [-0.39, 0.29) is 38.6 Å². The summed E-state index contributed by atoms with van der Waals surface area (Å²) in [5, 5.41) is 0.00784. The fraction of sp³-hybridized carbons (Fsp3) is 0.250. The summed E-state index contributed by atoms with van der Waals surface area (Å²) in [5.41, 5.74) is 5.98. The van der Waals surface area contributed by atoms with Gasteiger partial charge in [-0.15, -0.1) is 0 Å². The SMILES string of the molecule is COc1c(Cl)ccc(-c2cc(N)c(Cl)c(OC(=O)OC(C)C)n2)c1F. The van der Waals surface area contributed by atoms with Crippen molar-refractivity contribution in [1.82, 2.24) is 4.98 Å². The van der Waals surface area contributed by atoms with Crippen molar-refractivity contribution in [2.24, 2.45) is 0 Å². The van der Waals surface area contributed by atoms with Crippen LogP contribution in [0.25, 0.3) is 11.3 Å². The largest absolute Gasteiger partial charge is 0.515 e. The van der Waals surface area contributed by atoms with E-state index >= 15 is 0 Å². The van der Waals surface area contributed by atoms with Gasteiger partial charge in [-0.25, -0.2) is 14.2 Å². The predicted octanol–water partition coefficient (Wildman–Crippen LogP) is 4.71. The first kappa shape index (κ1) is 19.1. The molecule has 0 atom stereocenters. The van der Waals surface area contributed by atoms with Gasteiger partial charge >= 0.3 is 6.16 Å². The number of nitrogens with two attached hydrogens (primary N) is 1. The van der Waals surface area contributed by atoms with Gasteiger partial charge in [-0.05, 0) is 32.0 Å². The zero-order chi connectivity index (χ0) is 18.7. The highest BCUT2D eigenvalue weighted by Gasteiger charge is 2.20. The molecule has 0 aliphatic rings. The lowest BCUT2D eigenvalue weighted by molar-refractivity contribution is 0.0717. The van der Waals surface area contributed by atoms with Crippen molar-refractivity contribution < 1.29 is 23.4 Å². The van der Waals surface area contributed by atoms with Crippen LogP contribution in [0.2, 0.25) is 10.0 Å². The van der Waals surface area contributed by atoms with Crippen molar-refractivity contribution in [3.63, 3.8) is 0 Å². The number of pyridine rings is 1. The summed E-state index contributed by atoms with van der Waals surface area (Å²) in [5.74, 6) is -1.17. The maximum absolute atomic E-state index is 14.6. The van der Waals surface area contributed by atoms with Gasteiger partial charge in [0, 0.05) is 5.56 Å². The van der Waals surface area contributed by atoms with E-state index in [1.54, 1.807) is 13.8 Å². The van der Waals surface area contributed by atoms with Crippen molar-refractivity contribution in [2.45, 2.75) is 20.0 Å². The minimum atomic E-state index is -1.00. The van der Waals surface area contributed by atoms with Crippen LogP contribution in [-0.4, -0.2) is 24.4 Å². The Hall–Kier alpha value is -2.25. The van der Waals surface area contributed by atoms with Crippen LogP contribution in [0, 0.1) is 5.82 Å². The van der Waals surface area contributed by atoms with Crippen LogP contribution in [0.3, 0.4) is 0 Å². The van der Waals surface area contributed by atoms with E-state index in [4.69, 9.17) is 43.1 Å². The molecule has 0 unspecified atom stereocenters. The molecule has 1 heterocycles. The molecule has 25 heavy (non-hydrogen) atoms. The summed E-state index contributed by atoms with van der Waals surface area (Å²) < 4.78 is 29.3. The minimum Gasteiger partial charge on any atom is -0.492 e. The van der Waals surface area contributed by atoms with E-state index in [1.165, 1.54) is 25.3 Å². The van der Waals surface area contributed by atoms with Gasteiger partial charge < -0.3 is 19.9 Å². The highest BCUT2D eigenvalue weighted by molar-refractivity contribution is 6.34. The number of anilines is 1. The number of nitrogens with zero attached hydrogens (tertiary/aromatic N) is 1. The van der Waals surface area contributed by atoms with Crippen LogP contribution in [0.5, 0.6) is 11.6 Å². The first-order chi connectivity index (χ1) is 11.7. The third-order valence-corrected chi connectivity index (χ3v) is 3.67. The molecular formula is C16H15Cl2FN2O4. The van der Waals surface area contributed by atoms with Gasteiger partial charge in [-0.1, -0.05) is 23.2 Å². The molecule has 1 aromatic heterocycles. The number of aromatic nitrogens is 1. The van der Waals surface area contributed by atoms with Crippen LogP contribution >= 0.6 is 23.2 Å². The fourth-order valence-electron chi connectivity index (χ4n) is 1.94. The van der Waals surface area contributed by atoms with Gasteiger partial charge in [0.1, 0.15) is 5.02 Å². The molecule has 0 aliphatic carbocycles. The number of ether oxygens (including phenoxy) is 3. The zero-order valence-corrected chi connectivity index (χ0v) is 15.1. The number of halogens is 3. The second-order valence-corrected chi connectivity index (χ2v) is 5.96. The van der Waals surface area contributed by atoms with Gasteiger partial charge in [0.25, 0.3) is 0 Å². The van der Waals surface area contributed by atoms with Gasteiger partial charge in [0.05, 0.1) is 29.6 Å². The van der Waals surface area contributed by atoms with Crippen molar-refractivity contribution in [2.75, 3.05) is 12.8 Å². The molecule has 0 aliphatic heterocycles. The summed E-state index contributed by atoms with van der Waals surface area (Å²) in [7, 11) is 1.29. The fourth-order valence-corrected chi connectivity index (χ4v) is 2.30. The molecule has 0 bridgehead atoms. The monoisotopic (exact) mass is 388 g/mol. The van der Waals surface area contributed by atoms with Crippen molar-refractivity contribution in [3.05, 3.63) is 34.1 Å². The highest BCUT2D eigenvalue weighted by Crippen LogP contribution is 2.38. The van der Waals surface area contributed by atoms with Crippen LogP contribution in [0.4, 0.5) is 14.9 Å². The van der Waals surface area contributed by atoms with E-state index in [0.717, 1.165) is 0 Å². The van der Waals surface area contributed by atoms with Crippen LogP contribution < -0.4 is 15.2 Å². The number of hydrogen-bond donors (Lipinski definition) is 1. The molecule has 6 nitrogen and oxygen atoms in total. The Morgan fingerprint density at radius 2 is 2.00 bits per heavy atom. The average Bonchev–Trinajstić information content (AvgIpc) is 2.51. The van der Waals surface area contributed by atoms with Crippen molar-refractivity contribution in [3.8, 4) is 22.9 Å². The van der Waals surface area contributed by atoms with Gasteiger partial charge in [-0.2, -0.15) is 0 Å². The molecule has 0 radical (unpaired) electrons. The number of nitrogen functional groups attached to an aromatic ring is 1. The van der Waals surface area contributed by atoms with E-state index in [0.29, 0.717) is 0 Å². The van der Waals surface area contributed by atoms with Gasteiger partial charge in [-0.3, -0.25) is 0 Å². The van der Waals surface area contributed by atoms with E-state index in [9.17, 15) is 9.18 Å². The molecule has 0 saturated carbocycles. The maximum Gasteiger partial charge on any atom is 0.515 e. The summed E-state index contributed by atoms with van der Waals surface area (Å²) in [6.07, 6.45) is -1.40. The maximum atomic E-state index is 14.6. The van der Waals surface area contributed by atoms with Crippen molar-refractivity contribution >= 4 is 35.0 Å². The smallest absolute Gasteiger partial charge is 0.492 e. The molecule has 9 heteroatoms. The van der Waals surface area contributed by atoms with Gasteiger partial charge in [0.15, 0.2) is 11.6 Å². The molecular weight excluding hydrogens is 374 g/mol. The third-order valence-electron chi connectivity index (χ3n) is 3.00. The molecule has 2 aromatic rings. The highest BCUT2D eigenvalue weighted by atomic mass is 35.5. The lowest BCUT2D eigenvalue weighted by atomic mass is 10.1. The summed E-state index contributed by atoms with van der Waals surface area (Å²) in [6.45, 7) is 3.30. The molecule has 2 rings (SSSR count). The first-order valence-corrected chi connectivity index (χ1v) is 7.87. The number of carbonyl (C=O) groups is 1. The summed E-state index contributed by atoms with van der Waals surface area (Å²) >= 11 is 11.9. The van der Waals surface area contributed by atoms with Crippen LogP contribution in [-0.2, 0) is 4.74 Å². The second-order valence-electron chi connectivity index (χ2n) is 5.18. The Bertz CT molecular complexity index is 815. The lowest BCUT2D eigenvalue weighted by Crippen LogP contribution is -2.16. The Balaban J connectivity index is 2.49. The minimum absolute atomic E-state index is 0.0479. The van der Waals surface area contributed by atoms with Gasteiger partial charge in [0.2, 0.25) is 5.88 Å². The second kappa shape index (κ2) is 7.76. The number of carbonyl (C=O) groups excluding carboxylic acids is 1. The number of hydrogen-bond acceptors (Lipinski definition) is 6. The molecule has 0 amide bonds. The molecule has 134 valence electrons. The topological polar surface area (TPSA) is 83.7 Å². The third kappa shape index (κ3) is 4.24. The molecule has 0 saturated heterocycles. The van der Waals surface area contributed by atoms with E-state index in [2.05, 4.69) is 4.98 Å². The number of methoxy groups -OCH3 is 1. The van der Waals surface area contributed by atoms with E-state index in [1.807, 2.05) is 0 Å². The zero-order valence-electron chi connectivity index (χ0n) is 13.6. The number of rotatable bonds is 4. The van der Waals surface area contributed by atoms with Crippen LogP contribution in [0.15, 0.2) is 18.2 Å². The standard InChI is InChI=1S/C16H15Cl2FN2O4/c1-7(2)24-16(22)25-15-12(18)10(20)6-11(21-15)8-4-5-9(17)14(23-3)13(8)19/h4-7H,1-3H3,(H2,20,21). The average molecular weight is 389 g/mol. The number of benzene rings is 1. The Labute approximate surface area is 153 Å². The predicted molar refractivity (Wildman–Crippen MR) is 92.9 cm³/mol. The summed E-state index contributed by atoms with van der Waals surface area (Å²) in [4.78, 5) is 15.7. The Kier molecular flexibility index (Phi) is 5.92. The lowest BCUT2D eigenvalue weighted by Gasteiger charge is -2.13. The normalized spacial score (nSPS) is 10.7. The van der Waals surface area contributed by atoms with Crippen LogP contribution in [0.1, 0.15) is 13.8 Å². The van der Waals surface area contributed by atoms with Crippen molar-refractivity contribution in [1.29, 1.82) is 0 Å².